The zero-order chi connectivity index (χ0) is 14.7. The number of methoxy groups -OCH3 is 1. The second-order valence-corrected chi connectivity index (χ2v) is 5.02. The quantitative estimate of drug-likeness (QED) is 0.519. The van der Waals surface area contributed by atoms with Gasteiger partial charge in [0.15, 0.2) is 0 Å². The molecule has 0 radical (unpaired) electrons. The summed E-state index contributed by atoms with van der Waals surface area (Å²) >= 11 is 0. The number of para-hydroxylation sites is 1. The van der Waals surface area contributed by atoms with E-state index in [1.807, 2.05) is 0 Å². The van der Waals surface area contributed by atoms with Gasteiger partial charge >= 0.3 is 5.97 Å². The van der Waals surface area contributed by atoms with Gasteiger partial charge in [-0.15, -0.1) is 0 Å². The number of hydrogen-bond acceptors (Lipinski definition) is 5. The Bertz CT molecular complexity index is 516. The predicted molar refractivity (Wildman–Crippen MR) is 71.2 cm³/mol. The first-order chi connectivity index (χ1) is 9.54. The molecule has 0 aromatic heterocycles. The van der Waals surface area contributed by atoms with Crippen LogP contribution in [0.1, 0.15) is 30.7 Å². The average molecular weight is 279 g/mol. The number of hydrogen-bond donors (Lipinski definition) is 1. The third-order valence-corrected chi connectivity index (χ3v) is 3.86. The molecule has 1 fully saturated rings. The molecule has 108 valence electrons. The van der Waals surface area contributed by atoms with E-state index in [0.29, 0.717) is 24.8 Å². The molecule has 0 spiro atoms. The first-order valence-electron chi connectivity index (χ1n) is 6.53. The Morgan fingerprint density at radius 2 is 2.10 bits per heavy atom. The minimum atomic E-state index is -0.541. The highest BCUT2D eigenvalue weighted by molar-refractivity contribution is 5.74. The van der Waals surface area contributed by atoms with Gasteiger partial charge in [-0.25, -0.2) is 0 Å². The van der Waals surface area contributed by atoms with Crippen molar-refractivity contribution in [2.45, 2.75) is 31.3 Å². The van der Waals surface area contributed by atoms with Gasteiger partial charge in [0, 0.05) is 17.5 Å². The van der Waals surface area contributed by atoms with Crippen molar-refractivity contribution in [3.63, 3.8) is 0 Å². The SMILES string of the molecule is COC(=O)[C@H]1CC[C@@H](O)C[C@@H]1c1ccccc1[N+](=O)[O-]. The molecule has 0 saturated heterocycles. The molecule has 1 aliphatic rings. The Kier molecular flexibility index (Phi) is 4.34. The molecule has 2 rings (SSSR count). The van der Waals surface area contributed by atoms with Gasteiger partial charge < -0.3 is 9.84 Å². The predicted octanol–water partition coefficient (Wildman–Crippen LogP) is 2.01. The summed E-state index contributed by atoms with van der Waals surface area (Å²) in [6.07, 6.45) is 0.784. The summed E-state index contributed by atoms with van der Waals surface area (Å²) in [5.41, 5.74) is 0.479. The van der Waals surface area contributed by atoms with Gasteiger partial charge in [0.2, 0.25) is 0 Å². The fraction of sp³-hybridized carbons (Fsp3) is 0.500. The van der Waals surface area contributed by atoms with E-state index in [0.717, 1.165) is 0 Å². The van der Waals surface area contributed by atoms with Crippen LogP contribution in [0.2, 0.25) is 0 Å². The van der Waals surface area contributed by atoms with Crippen LogP contribution in [0.3, 0.4) is 0 Å². The van der Waals surface area contributed by atoms with Crippen LogP contribution in [0.5, 0.6) is 0 Å². The van der Waals surface area contributed by atoms with E-state index >= 15 is 0 Å². The number of nitro groups is 1. The maximum Gasteiger partial charge on any atom is 0.309 e. The van der Waals surface area contributed by atoms with Crippen LogP contribution in [0.25, 0.3) is 0 Å². The average Bonchev–Trinajstić information content (AvgIpc) is 2.46. The summed E-state index contributed by atoms with van der Waals surface area (Å²) in [5, 5.41) is 20.9. The Balaban J connectivity index is 2.40. The van der Waals surface area contributed by atoms with Crippen molar-refractivity contribution in [2.75, 3.05) is 7.11 Å². The van der Waals surface area contributed by atoms with E-state index in [4.69, 9.17) is 4.74 Å². The lowest BCUT2D eigenvalue weighted by Crippen LogP contribution is -2.32. The molecule has 3 atom stereocenters. The molecular formula is C14H17NO5. The van der Waals surface area contributed by atoms with Crippen molar-refractivity contribution in [2.24, 2.45) is 5.92 Å². The third-order valence-electron chi connectivity index (χ3n) is 3.86. The molecule has 1 N–H and O–H groups in total. The lowest BCUT2D eigenvalue weighted by Gasteiger charge is -2.32. The van der Waals surface area contributed by atoms with Crippen molar-refractivity contribution in [1.29, 1.82) is 0 Å². The van der Waals surface area contributed by atoms with Gasteiger partial charge in [0.05, 0.1) is 24.1 Å². The topological polar surface area (TPSA) is 89.7 Å². The van der Waals surface area contributed by atoms with Crippen LogP contribution < -0.4 is 0 Å². The highest BCUT2D eigenvalue weighted by Crippen LogP contribution is 2.41. The van der Waals surface area contributed by atoms with Crippen LogP contribution in [-0.2, 0) is 9.53 Å². The monoisotopic (exact) mass is 279 g/mol. The Morgan fingerprint density at radius 3 is 2.75 bits per heavy atom. The molecule has 0 unspecified atom stereocenters. The van der Waals surface area contributed by atoms with Crippen molar-refractivity contribution in [1.82, 2.24) is 0 Å². The first kappa shape index (κ1) is 14.5. The van der Waals surface area contributed by atoms with E-state index in [1.54, 1.807) is 18.2 Å². The molecule has 1 saturated carbocycles. The lowest BCUT2D eigenvalue weighted by molar-refractivity contribution is -0.385. The number of carbonyl (C=O) groups excluding carboxylic acids is 1. The molecule has 0 bridgehead atoms. The summed E-state index contributed by atoms with van der Waals surface area (Å²) in [7, 11) is 1.31. The number of esters is 1. The minimum absolute atomic E-state index is 0.0134. The van der Waals surface area contributed by atoms with Crippen LogP contribution in [0.4, 0.5) is 5.69 Å². The standard InChI is InChI=1S/C14H17NO5/c1-20-14(17)11-7-6-9(16)8-12(11)10-4-2-3-5-13(10)15(18)19/h2-5,9,11-12,16H,6-8H2,1H3/t9-,11+,12-/m1/s1. The fourth-order valence-electron chi connectivity index (χ4n) is 2.89. The fourth-order valence-corrected chi connectivity index (χ4v) is 2.89. The van der Waals surface area contributed by atoms with Crippen molar-refractivity contribution in [3.05, 3.63) is 39.9 Å². The highest BCUT2D eigenvalue weighted by atomic mass is 16.6. The Labute approximate surface area is 116 Å². The maximum atomic E-state index is 11.9. The highest BCUT2D eigenvalue weighted by Gasteiger charge is 2.38. The smallest absolute Gasteiger partial charge is 0.309 e. The number of benzene rings is 1. The zero-order valence-electron chi connectivity index (χ0n) is 11.2. The summed E-state index contributed by atoms with van der Waals surface area (Å²) in [6.45, 7) is 0. The lowest BCUT2D eigenvalue weighted by atomic mass is 9.74. The molecule has 0 heterocycles. The van der Waals surface area contributed by atoms with E-state index < -0.39 is 16.9 Å². The van der Waals surface area contributed by atoms with E-state index in [1.165, 1.54) is 13.2 Å². The molecule has 6 nitrogen and oxygen atoms in total. The van der Waals surface area contributed by atoms with Crippen LogP contribution >= 0.6 is 0 Å². The van der Waals surface area contributed by atoms with Crippen molar-refractivity contribution < 1.29 is 19.6 Å². The van der Waals surface area contributed by atoms with Gasteiger partial charge in [0.25, 0.3) is 5.69 Å². The van der Waals surface area contributed by atoms with Gasteiger partial charge in [0.1, 0.15) is 0 Å². The van der Waals surface area contributed by atoms with Crippen molar-refractivity contribution in [3.8, 4) is 0 Å². The van der Waals surface area contributed by atoms with E-state index in [9.17, 15) is 20.0 Å². The molecule has 0 amide bonds. The summed E-state index contributed by atoms with van der Waals surface area (Å²) < 4.78 is 4.79. The van der Waals surface area contributed by atoms with Crippen molar-refractivity contribution >= 4 is 11.7 Å². The zero-order valence-corrected chi connectivity index (χ0v) is 11.2. The number of carbonyl (C=O) groups is 1. The maximum absolute atomic E-state index is 11.9. The van der Waals surface area contributed by atoms with Crippen LogP contribution in [0.15, 0.2) is 24.3 Å². The molecule has 0 aliphatic heterocycles. The molecule has 20 heavy (non-hydrogen) atoms. The van der Waals surface area contributed by atoms with Crippen LogP contribution in [0, 0.1) is 16.0 Å². The Morgan fingerprint density at radius 1 is 1.40 bits per heavy atom. The number of ether oxygens (including phenoxy) is 1. The summed E-state index contributed by atoms with van der Waals surface area (Å²) in [5.74, 6) is -1.20. The van der Waals surface area contributed by atoms with Crippen LogP contribution in [-0.4, -0.2) is 29.2 Å². The first-order valence-corrected chi connectivity index (χ1v) is 6.53. The molecular weight excluding hydrogens is 262 g/mol. The largest absolute Gasteiger partial charge is 0.469 e. The summed E-state index contributed by atoms with van der Waals surface area (Å²) in [4.78, 5) is 22.5. The summed E-state index contributed by atoms with van der Waals surface area (Å²) in [6, 6.07) is 6.37. The second-order valence-electron chi connectivity index (χ2n) is 5.02. The third kappa shape index (κ3) is 2.80. The van der Waals surface area contributed by atoms with Gasteiger partial charge in [-0.1, -0.05) is 18.2 Å². The molecule has 6 heteroatoms. The van der Waals surface area contributed by atoms with Gasteiger partial charge in [-0.2, -0.15) is 0 Å². The molecule has 1 aliphatic carbocycles. The number of rotatable bonds is 3. The van der Waals surface area contributed by atoms with Gasteiger partial charge in [-0.3, -0.25) is 14.9 Å². The number of aliphatic hydroxyl groups excluding tert-OH is 1. The molecule has 1 aromatic carbocycles. The number of nitrogens with zero attached hydrogens (tertiary/aromatic N) is 1. The van der Waals surface area contributed by atoms with E-state index in [-0.39, 0.29) is 17.6 Å². The number of nitro benzene ring substituents is 1. The normalized spacial score (nSPS) is 26.0. The van der Waals surface area contributed by atoms with E-state index in [2.05, 4.69) is 0 Å². The minimum Gasteiger partial charge on any atom is -0.469 e. The Hall–Kier alpha value is -1.95. The second kappa shape index (κ2) is 6.00. The number of aliphatic hydroxyl groups is 1. The van der Waals surface area contributed by atoms with Gasteiger partial charge in [-0.05, 0) is 19.3 Å². The molecule has 1 aromatic rings.